The molecule has 1 aliphatic carbocycles. The van der Waals surface area contributed by atoms with Crippen molar-refractivity contribution in [1.29, 1.82) is 0 Å². The summed E-state index contributed by atoms with van der Waals surface area (Å²) in [5.41, 5.74) is 1.20. The summed E-state index contributed by atoms with van der Waals surface area (Å²) in [6.07, 6.45) is 14.3. The predicted molar refractivity (Wildman–Crippen MR) is 119 cm³/mol. The fourth-order valence-electron chi connectivity index (χ4n) is 4.43. The highest BCUT2D eigenvalue weighted by molar-refractivity contribution is 5.94. The fourth-order valence-corrected chi connectivity index (χ4v) is 4.43. The van der Waals surface area contributed by atoms with Crippen LogP contribution in [0.15, 0.2) is 36.9 Å². The highest BCUT2D eigenvalue weighted by Crippen LogP contribution is 2.26. The summed E-state index contributed by atoms with van der Waals surface area (Å²) in [6, 6.07) is 3.55. The molecule has 1 saturated heterocycles. The number of hydrogen-bond donors (Lipinski definition) is 0. The average molecular weight is 438 g/mol. The van der Waals surface area contributed by atoms with Gasteiger partial charge in [-0.2, -0.15) is 0 Å². The third-order valence-electron chi connectivity index (χ3n) is 6.35. The number of pyridine rings is 1. The molecule has 8 nitrogen and oxygen atoms in total. The van der Waals surface area contributed by atoms with Gasteiger partial charge in [-0.1, -0.05) is 32.1 Å². The molecule has 0 bridgehead atoms. The maximum atomic E-state index is 12.8. The number of hydrogen-bond acceptors (Lipinski definition) is 6. The van der Waals surface area contributed by atoms with Gasteiger partial charge in [0.2, 0.25) is 11.8 Å². The molecule has 2 aromatic heterocycles. The summed E-state index contributed by atoms with van der Waals surface area (Å²) in [5, 5.41) is 0. The molecule has 3 heterocycles. The van der Waals surface area contributed by atoms with E-state index in [1.54, 1.807) is 46.7 Å². The quantitative estimate of drug-likeness (QED) is 0.662. The first-order chi connectivity index (χ1) is 15.7. The second-order valence-corrected chi connectivity index (χ2v) is 8.57. The molecular formula is C24H31N5O3. The molecule has 0 atom stereocenters. The molecule has 1 saturated carbocycles. The van der Waals surface area contributed by atoms with Crippen LogP contribution in [0.4, 0.5) is 0 Å². The summed E-state index contributed by atoms with van der Waals surface area (Å²) in [5.74, 6) is 1.29. The zero-order chi connectivity index (χ0) is 22.2. The Morgan fingerprint density at radius 2 is 1.72 bits per heavy atom. The molecule has 32 heavy (non-hydrogen) atoms. The van der Waals surface area contributed by atoms with Gasteiger partial charge in [0.05, 0.1) is 24.3 Å². The molecule has 2 aliphatic rings. The van der Waals surface area contributed by atoms with Crippen molar-refractivity contribution in [3.63, 3.8) is 0 Å². The number of piperazine rings is 1. The Labute approximate surface area is 189 Å². The molecule has 1 aliphatic heterocycles. The standard InChI is InChI=1S/C24H31N5O3/c30-23(16-21-18-25-9-10-26-21)28-11-13-29(14-12-28)24(31)20-6-7-22(27-17-20)32-15-8-19-4-2-1-3-5-19/h6-7,9-10,17-19H,1-5,8,11-16H2. The van der Waals surface area contributed by atoms with Crippen LogP contribution in [-0.4, -0.2) is 69.4 Å². The van der Waals surface area contributed by atoms with Crippen LogP contribution in [0.1, 0.15) is 54.6 Å². The van der Waals surface area contributed by atoms with E-state index in [0.29, 0.717) is 49.9 Å². The second-order valence-electron chi connectivity index (χ2n) is 8.57. The van der Waals surface area contributed by atoms with Gasteiger partial charge in [-0.25, -0.2) is 4.98 Å². The first-order valence-electron chi connectivity index (χ1n) is 11.6. The van der Waals surface area contributed by atoms with Gasteiger partial charge in [0.1, 0.15) is 0 Å². The summed E-state index contributed by atoms with van der Waals surface area (Å²) < 4.78 is 5.79. The van der Waals surface area contributed by atoms with Crippen molar-refractivity contribution < 1.29 is 14.3 Å². The van der Waals surface area contributed by atoms with Crippen molar-refractivity contribution in [3.05, 3.63) is 48.2 Å². The van der Waals surface area contributed by atoms with Gasteiger partial charge in [-0.05, 0) is 18.4 Å². The van der Waals surface area contributed by atoms with Crippen LogP contribution in [-0.2, 0) is 11.2 Å². The van der Waals surface area contributed by atoms with E-state index in [-0.39, 0.29) is 18.2 Å². The summed E-state index contributed by atoms with van der Waals surface area (Å²) >= 11 is 0. The van der Waals surface area contributed by atoms with E-state index < -0.39 is 0 Å². The molecule has 0 spiro atoms. The van der Waals surface area contributed by atoms with Gasteiger partial charge in [0.15, 0.2) is 0 Å². The van der Waals surface area contributed by atoms with Crippen LogP contribution < -0.4 is 4.74 Å². The summed E-state index contributed by atoms with van der Waals surface area (Å²) in [7, 11) is 0. The molecule has 0 unspecified atom stereocenters. The van der Waals surface area contributed by atoms with E-state index in [9.17, 15) is 9.59 Å². The van der Waals surface area contributed by atoms with Crippen LogP contribution in [0.2, 0.25) is 0 Å². The zero-order valence-electron chi connectivity index (χ0n) is 18.5. The number of nitrogens with zero attached hydrogens (tertiary/aromatic N) is 5. The molecule has 0 radical (unpaired) electrons. The van der Waals surface area contributed by atoms with Gasteiger partial charge in [0, 0.05) is 57.0 Å². The minimum atomic E-state index is -0.0627. The largest absolute Gasteiger partial charge is 0.478 e. The van der Waals surface area contributed by atoms with E-state index in [4.69, 9.17) is 4.74 Å². The smallest absolute Gasteiger partial charge is 0.255 e. The van der Waals surface area contributed by atoms with Gasteiger partial charge < -0.3 is 14.5 Å². The number of carbonyl (C=O) groups excluding carboxylic acids is 2. The van der Waals surface area contributed by atoms with Crippen molar-refractivity contribution in [3.8, 4) is 5.88 Å². The Kier molecular flexibility index (Phi) is 7.64. The fraction of sp³-hybridized carbons (Fsp3) is 0.542. The Bertz CT molecular complexity index is 876. The third-order valence-corrected chi connectivity index (χ3v) is 6.35. The lowest BCUT2D eigenvalue weighted by Crippen LogP contribution is -2.51. The second kappa shape index (κ2) is 11.0. The average Bonchev–Trinajstić information content (AvgIpc) is 2.85. The van der Waals surface area contributed by atoms with E-state index in [2.05, 4.69) is 15.0 Å². The van der Waals surface area contributed by atoms with E-state index in [0.717, 1.165) is 12.3 Å². The van der Waals surface area contributed by atoms with Crippen LogP contribution in [0.25, 0.3) is 0 Å². The van der Waals surface area contributed by atoms with Gasteiger partial charge >= 0.3 is 0 Å². The van der Waals surface area contributed by atoms with Crippen LogP contribution in [0.5, 0.6) is 5.88 Å². The van der Waals surface area contributed by atoms with Crippen molar-refractivity contribution in [2.45, 2.75) is 44.9 Å². The molecular weight excluding hydrogens is 406 g/mol. The van der Waals surface area contributed by atoms with Gasteiger partial charge in [-0.3, -0.25) is 19.6 Å². The molecule has 0 aromatic carbocycles. The Hall–Kier alpha value is -3.03. The maximum Gasteiger partial charge on any atom is 0.255 e. The molecule has 4 rings (SSSR count). The van der Waals surface area contributed by atoms with Crippen LogP contribution in [0.3, 0.4) is 0 Å². The van der Waals surface area contributed by atoms with Crippen LogP contribution >= 0.6 is 0 Å². The number of amides is 2. The highest BCUT2D eigenvalue weighted by Gasteiger charge is 2.25. The van der Waals surface area contributed by atoms with Gasteiger partial charge in [0.25, 0.3) is 5.91 Å². The van der Waals surface area contributed by atoms with Crippen molar-refractivity contribution >= 4 is 11.8 Å². The number of rotatable bonds is 7. The highest BCUT2D eigenvalue weighted by atomic mass is 16.5. The lowest BCUT2D eigenvalue weighted by molar-refractivity contribution is -0.132. The summed E-state index contributed by atoms with van der Waals surface area (Å²) in [6.45, 7) is 2.71. The third kappa shape index (κ3) is 6.02. The molecule has 2 aromatic rings. The number of carbonyl (C=O) groups is 2. The number of ether oxygens (including phenoxy) is 1. The van der Waals surface area contributed by atoms with Crippen molar-refractivity contribution in [2.24, 2.45) is 5.92 Å². The van der Waals surface area contributed by atoms with E-state index in [1.807, 2.05) is 0 Å². The lowest BCUT2D eigenvalue weighted by atomic mass is 9.87. The molecule has 170 valence electrons. The predicted octanol–water partition coefficient (Wildman–Crippen LogP) is 2.75. The van der Waals surface area contributed by atoms with Crippen LogP contribution in [0, 0.1) is 5.92 Å². The lowest BCUT2D eigenvalue weighted by Gasteiger charge is -2.34. The monoisotopic (exact) mass is 437 g/mol. The SMILES string of the molecule is O=C(Cc1cnccn1)N1CCN(C(=O)c2ccc(OCCC3CCCCC3)nc2)CC1. The normalized spacial score (nSPS) is 17.2. The topological polar surface area (TPSA) is 88.5 Å². The molecule has 8 heteroatoms. The first-order valence-corrected chi connectivity index (χ1v) is 11.6. The molecule has 2 fully saturated rings. The Morgan fingerprint density at radius 3 is 2.41 bits per heavy atom. The van der Waals surface area contributed by atoms with Crippen molar-refractivity contribution in [1.82, 2.24) is 24.8 Å². The minimum absolute atomic E-state index is 0.00833. The number of aromatic nitrogens is 3. The molecule has 0 N–H and O–H groups in total. The van der Waals surface area contributed by atoms with Gasteiger partial charge in [-0.15, -0.1) is 0 Å². The van der Waals surface area contributed by atoms with E-state index >= 15 is 0 Å². The minimum Gasteiger partial charge on any atom is -0.478 e. The maximum absolute atomic E-state index is 12.8. The Morgan fingerprint density at radius 1 is 0.938 bits per heavy atom. The summed E-state index contributed by atoms with van der Waals surface area (Å²) in [4.78, 5) is 41.3. The van der Waals surface area contributed by atoms with Crippen molar-refractivity contribution in [2.75, 3.05) is 32.8 Å². The zero-order valence-corrected chi connectivity index (χ0v) is 18.5. The van der Waals surface area contributed by atoms with E-state index in [1.165, 1.54) is 32.1 Å². The Balaban J connectivity index is 1.21. The molecule has 2 amide bonds. The first kappa shape index (κ1) is 22.2.